The summed E-state index contributed by atoms with van der Waals surface area (Å²) in [5.74, 6) is 0. The number of nitrogens with zero attached hydrogens (tertiary/aromatic N) is 2. The molecule has 0 saturated heterocycles. The van der Waals surface area contributed by atoms with Gasteiger partial charge in [0, 0.05) is 18.1 Å². The van der Waals surface area contributed by atoms with E-state index in [4.69, 9.17) is 5.26 Å². The number of benzene rings is 2. The Kier molecular flexibility index (Phi) is 3.41. The van der Waals surface area contributed by atoms with Gasteiger partial charge in [-0.3, -0.25) is 0 Å². The van der Waals surface area contributed by atoms with E-state index in [-0.39, 0.29) is 4.90 Å². The lowest BCUT2D eigenvalue weighted by atomic mass is 10.1. The zero-order chi connectivity index (χ0) is 16.7. The van der Waals surface area contributed by atoms with Crippen LogP contribution in [0.15, 0.2) is 53.6 Å². The van der Waals surface area contributed by atoms with Crippen LogP contribution in [0, 0.1) is 11.3 Å². The van der Waals surface area contributed by atoms with Crippen LogP contribution < -0.4 is 5.32 Å². The van der Waals surface area contributed by atoms with Gasteiger partial charge in [-0.1, -0.05) is 12.1 Å². The first-order valence-electron chi connectivity index (χ1n) is 7.69. The number of hydrogen-bond acceptors (Lipinski definition) is 4. The molecule has 0 bridgehead atoms. The normalized spacial score (nSPS) is 14.3. The fourth-order valence-electron chi connectivity index (χ4n) is 3.21. The molecule has 0 fully saturated rings. The summed E-state index contributed by atoms with van der Waals surface area (Å²) in [6.45, 7) is 1.57. The van der Waals surface area contributed by atoms with E-state index in [0.717, 1.165) is 36.0 Å². The summed E-state index contributed by atoms with van der Waals surface area (Å²) in [5, 5.41) is 13.3. The van der Waals surface area contributed by atoms with Gasteiger partial charge in [-0.2, -0.15) is 5.26 Å². The van der Waals surface area contributed by atoms with Crippen molar-refractivity contribution in [1.29, 1.82) is 5.26 Å². The minimum absolute atomic E-state index is 0.186. The van der Waals surface area contributed by atoms with Gasteiger partial charge in [-0.15, -0.1) is 0 Å². The van der Waals surface area contributed by atoms with Crippen LogP contribution in [0.4, 0.5) is 0 Å². The second-order valence-electron chi connectivity index (χ2n) is 5.83. The summed E-state index contributed by atoms with van der Waals surface area (Å²) in [7, 11) is -3.69. The highest BCUT2D eigenvalue weighted by Crippen LogP contribution is 2.30. The molecule has 4 rings (SSSR count). The fourth-order valence-corrected chi connectivity index (χ4v) is 4.60. The fraction of sp³-hybridized carbons (Fsp3) is 0.167. The van der Waals surface area contributed by atoms with Gasteiger partial charge in [-0.25, -0.2) is 12.4 Å². The Morgan fingerprint density at radius 2 is 1.88 bits per heavy atom. The van der Waals surface area contributed by atoms with E-state index in [0.29, 0.717) is 11.1 Å². The maximum Gasteiger partial charge on any atom is 0.268 e. The first-order chi connectivity index (χ1) is 11.6. The molecule has 24 heavy (non-hydrogen) atoms. The topological polar surface area (TPSA) is 74.9 Å². The SMILES string of the molecule is N#Cc1ccc(S(=O)(=O)n2cc3c4c(cccc42)CNCC3)cc1. The summed E-state index contributed by atoms with van der Waals surface area (Å²) in [4.78, 5) is 0.186. The maximum absolute atomic E-state index is 13.1. The molecule has 120 valence electrons. The van der Waals surface area contributed by atoms with Gasteiger partial charge in [0.25, 0.3) is 10.0 Å². The lowest BCUT2D eigenvalue weighted by Crippen LogP contribution is -2.15. The standard InChI is InChI=1S/C18H15N3O2S/c19-10-13-4-6-16(7-5-13)24(22,23)21-12-15-8-9-20-11-14-2-1-3-17(21)18(14)15/h1-7,12,20H,8-9,11H2. The largest absolute Gasteiger partial charge is 0.312 e. The molecule has 6 heteroatoms. The molecule has 0 amide bonds. The van der Waals surface area contributed by atoms with Gasteiger partial charge in [0.1, 0.15) is 0 Å². The van der Waals surface area contributed by atoms with Crippen molar-refractivity contribution in [3.8, 4) is 6.07 Å². The maximum atomic E-state index is 13.1. The predicted octanol–water partition coefficient (Wildman–Crippen LogP) is 2.40. The van der Waals surface area contributed by atoms with Gasteiger partial charge < -0.3 is 5.32 Å². The summed E-state index contributed by atoms with van der Waals surface area (Å²) >= 11 is 0. The minimum atomic E-state index is -3.69. The predicted molar refractivity (Wildman–Crippen MR) is 91.1 cm³/mol. The van der Waals surface area contributed by atoms with Crippen LogP contribution in [0.3, 0.4) is 0 Å². The Bertz CT molecular complexity index is 1070. The van der Waals surface area contributed by atoms with E-state index < -0.39 is 10.0 Å². The molecule has 0 spiro atoms. The van der Waals surface area contributed by atoms with Crippen LogP contribution in [0.2, 0.25) is 0 Å². The van der Waals surface area contributed by atoms with Crippen molar-refractivity contribution in [2.75, 3.05) is 6.54 Å². The third kappa shape index (κ3) is 2.21. The van der Waals surface area contributed by atoms with Gasteiger partial charge in [0.2, 0.25) is 0 Å². The highest BCUT2D eigenvalue weighted by atomic mass is 32.2. The van der Waals surface area contributed by atoms with Crippen molar-refractivity contribution >= 4 is 20.9 Å². The van der Waals surface area contributed by atoms with Gasteiger partial charge >= 0.3 is 0 Å². The molecule has 1 N–H and O–H groups in total. The summed E-state index contributed by atoms with van der Waals surface area (Å²) in [6, 6.07) is 13.8. The van der Waals surface area contributed by atoms with Crippen molar-refractivity contribution < 1.29 is 8.42 Å². The van der Waals surface area contributed by atoms with Crippen molar-refractivity contribution in [2.45, 2.75) is 17.9 Å². The van der Waals surface area contributed by atoms with Crippen molar-refractivity contribution in [1.82, 2.24) is 9.29 Å². The first kappa shape index (κ1) is 14.9. The molecule has 0 unspecified atom stereocenters. The number of aromatic nitrogens is 1. The highest BCUT2D eigenvalue weighted by molar-refractivity contribution is 7.90. The smallest absolute Gasteiger partial charge is 0.268 e. The van der Waals surface area contributed by atoms with Crippen LogP contribution >= 0.6 is 0 Å². The van der Waals surface area contributed by atoms with Gasteiger partial charge in [0.05, 0.1) is 22.0 Å². The molecule has 3 aromatic rings. The van der Waals surface area contributed by atoms with Crippen LogP contribution in [0.1, 0.15) is 16.7 Å². The highest BCUT2D eigenvalue weighted by Gasteiger charge is 2.23. The third-order valence-electron chi connectivity index (χ3n) is 4.39. The van der Waals surface area contributed by atoms with Crippen LogP contribution in [-0.2, 0) is 23.0 Å². The number of nitrogens with one attached hydrogen (secondary N) is 1. The van der Waals surface area contributed by atoms with E-state index in [1.54, 1.807) is 6.20 Å². The lowest BCUT2D eigenvalue weighted by Gasteiger charge is -2.09. The number of rotatable bonds is 2. The third-order valence-corrected chi connectivity index (χ3v) is 6.08. The van der Waals surface area contributed by atoms with Crippen molar-refractivity contribution in [3.05, 3.63) is 65.4 Å². The molecule has 0 aliphatic carbocycles. The number of hydrogen-bond donors (Lipinski definition) is 1. The molecule has 2 heterocycles. The Hall–Kier alpha value is -2.62. The minimum Gasteiger partial charge on any atom is -0.312 e. The molecule has 0 saturated carbocycles. The van der Waals surface area contributed by atoms with Gasteiger partial charge in [0.15, 0.2) is 0 Å². The summed E-state index contributed by atoms with van der Waals surface area (Å²) in [6.07, 6.45) is 2.53. The second-order valence-corrected chi connectivity index (χ2v) is 7.64. The van der Waals surface area contributed by atoms with E-state index in [2.05, 4.69) is 5.32 Å². The Labute approximate surface area is 140 Å². The molecular weight excluding hydrogens is 322 g/mol. The van der Waals surface area contributed by atoms with Crippen LogP contribution in [-0.4, -0.2) is 18.9 Å². The molecule has 1 aliphatic heterocycles. The molecule has 0 radical (unpaired) electrons. The molecular formula is C18H15N3O2S. The Balaban J connectivity index is 1.94. The monoisotopic (exact) mass is 337 g/mol. The molecule has 1 aliphatic rings. The molecule has 0 atom stereocenters. The van der Waals surface area contributed by atoms with Crippen LogP contribution in [0.5, 0.6) is 0 Å². The molecule has 1 aromatic heterocycles. The van der Waals surface area contributed by atoms with Crippen molar-refractivity contribution in [2.24, 2.45) is 0 Å². The van der Waals surface area contributed by atoms with E-state index >= 15 is 0 Å². The number of nitriles is 1. The summed E-state index contributed by atoms with van der Waals surface area (Å²) in [5.41, 5.74) is 3.31. The molecule has 2 aromatic carbocycles. The average Bonchev–Trinajstić information content (AvgIpc) is 2.86. The molecule has 5 nitrogen and oxygen atoms in total. The lowest BCUT2D eigenvalue weighted by molar-refractivity contribution is 0.589. The van der Waals surface area contributed by atoms with E-state index in [1.807, 2.05) is 24.3 Å². The van der Waals surface area contributed by atoms with E-state index in [1.165, 1.54) is 28.2 Å². The average molecular weight is 337 g/mol. The van der Waals surface area contributed by atoms with Gasteiger partial charge in [-0.05, 0) is 54.4 Å². The zero-order valence-corrected chi connectivity index (χ0v) is 13.7. The Morgan fingerprint density at radius 1 is 1.08 bits per heavy atom. The van der Waals surface area contributed by atoms with Crippen LogP contribution in [0.25, 0.3) is 10.9 Å². The van der Waals surface area contributed by atoms with Crippen molar-refractivity contribution in [3.63, 3.8) is 0 Å². The summed E-state index contributed by atoms with van der Waals surface area (Å²) < 4.78 is 27.5. The second kappa shape index (κ2) is 5.48. The first-order valence-corrected chi connectivity index (χ1v) is 9.13. The Morgan fingerprint density at radius 3 is 2.62 bits per heavy atom. The quantitative estimate of drug-likeness (QED) is 0.779. The zero-order valence-electron chi connectivity index (χ0n) is 12.9. The van der Waals surface area contributed by atoms with E-state index in [9.17, 15) is 8.42 Å².